The lowest BCUT2D eigenvalue weighted by molar-refractivity contribution is 0.493. The molecule has 18 heavy (non-hydrogen) atoms. The van der Waals surface area contributed by atoms with E-state index < -0.39 is 0 Å². The maximum absolute atomic E-state index is 3.67. The Balaban J connectivity index is 1.57. The molecule has 1 aromatic carbocycles. The SMILES string of the molecule is Cc1ccc(C(C)NCC2Cc3ccccc32)s1. The molecule has 2 aromatic rings. The molecule has 2 atom stereocenters. The maximum Gasteiger partial charge on any atom is 0.0386 e. The molecule has 0 amide bonds. The third kappa shape index (κ3) is 2.23. The van der Waals surface area contributed by atoms with Crippen LogP contribution in [0.1, 0.15) is 39.8 Å². The van der Waals surface area contributed by atoms with Crippen LogP contribution in [0.2, 0.25) is 0 Å². The van der Waals surface area contributed by atoms with Crippen LogP contribution in [0.4, 0.5) is 0 Å². The van der Waals surface area contributed by atoms with E-state index in [-0.39, 0.29) is 0 Å². The summed E-state index contributed by atoms with van der Waals surface area (Å²) >= 11 is 1.90. The first-order valence-electron chi connectivity index (χ1n) is 6.61. The quantitative estimate of drug-likeness (QED) is 0.871. The number of benzene rings is 1. The van der Waals surface area contributed by atoms with Crippen molar-refractivity contribution in [2.45, 2.75) is 32.2 Å². The first-order chi connectivity index (χ1) is 8.74. The van der Waals surface area contributed by atoms with Gasteiger partial charge >= 0.3 is 0 Å². The van der Waals surface area contributed by atoms with E-state index in [0.717, 1.165) is 6.54 Å². The van der Waals surface area contributed by atoms with E-state index in [1.165, 1.54) is 21.7 Å². The van der Waals surface area contributed by atoms with E-state index in [1.54, 1.807) is 5.56 Å². The normalized spacial score (nSPS) is 19.1. The molecule has 0 aliphatic heterocycles. The van der Waals surface area contributed by atoms with Gasteiger partial charge < -0.3 is 5.32 Å². The fraction of sp³-hybridized carbons (Fsp3) is 0.375. The molecule has 0 bridgehead atoms. The van der Waals surface area contributed by atoms with Gasteiger partial charge in [0.2, 0.25) is 0 Å². The Kier molecular flexibility index (Phi) is 3.23. The average Bonchev–Trinajstić information content (AvgIpc) is 2.77. The van der Waals surface area contributed by atoms with Crippen molar-refractivity contribution in [2.24, 2.45) is 0 Å². The molecular weight excluding hydrogens is 238 g/mol. The predicted octanol–water partition coefficient (Wildman–Crippen LogP) is 4.05. The molecule has 1 nitrogen and oxygen atoms in total. The van der Waals surface area contributed by atoms with Gasteiger partial charge in [0.1, 0.15) is 0 Å². The summed E-state index contributed by atoms with van der Waals surface area (Å²) in [4.78, 5) is 2.84. The van der Waals surface area contributed by atoms with Gasteiger partial charge in [0, 0.05) is 28.3 Å². The molecule has 2 heteroatoms. The topological polar surface area (TPSA) is 12.0 Å². The van der Waals surface area contributed by atoms with Crippen LogP contribution in [0.25, 0.3) is 0 Å². The molecule has 2 unspecified atom stereocenters. The minimum absolute atomic E-state index is 0.469. The molecule has 0 radical (unpaired) electrons. The summed E-state index contributed by atoms with van der Waals surface area (Å²) in [5, 5.41) is 3.67. The van der Waals surface area contributed by atoms with E-state index in [0.29, 0.717) is 12.0 Å². The first kappa shape index (κ1) is 11.9. The highest BCUT2D eigenvalue weighted by Crippen LogP contribution is 2.34. The fourth-order valence-electron chi connectivity index (χ4n) is 2.65. The second kappa shape index (κ2) is 4.87. The van der Waals surface area contributed by atoms with Gasteiger partial charge in [-0.3, -0.25) is 0 Å². The Bertz CT molecular complexity index is 544. The van der Waals surface area contributed by atoms with Crippen LogP contribution in [0.15, 0.2) is 36.4 Å². The van der Waals surface area contributed by atoms with E-state index in [1.807, 2.05) is 11.3 Å². The van der Waals surface area contributed by atoms with E-state index in [2.05, 4.69) is 55.6 Å². The summed E-state index contributed by atoms with van der Waals surface area (Å²) in [6.07, 6.45) is 1.24. The van der Waals surface area contributed by atoms with Crippen molar-refractivity contribution < 1.29 is 0 Å². The number of fused-ring (bicyclic) bond motifs is 1. The Morgan fingerprint density at radius 2 is 2.11 bits per heavy atom. The molecule has 0 saturated heterocycles. The average molecular weight is 257 g/mol. The molecule has 1 heterocycles. The highest BCUT2D eigenvalue weighted by molar-refractivity contribution is 7.12. The van der Waals surface area contributed by atoms with Gasteiger partial charge in [-0.2, -0.15) is 0 Å². The van der Waals surface area contributed by atoms with Gasteiger partial charge in [-0.05, 0) is 43.5 Å². The van der Waals surface area contributed by atoms with Crippen molar-refractivity contribution in [3.8, 4) is 0 Å². The van der Waals surface area contributed by atoms with Crippen molar-refractivity contribution in [3.63, 3.8) is 0 Å². The lowest BCUT2D eigenvalue weighted by Gasteiger charge is -2.31. The van der Waals surface area contributed by atoms with Gasteiger partial charge in [0.05, 0.1) is 0 Å². The van der Waals surface area contributed by atoms with Crippen LogP contribution in [-0.4, -0.2) is 6.54 Å². The van der Waals surface area contributed by atoms with E-state index in [9.17, 15) is 0 Å². The maximum atomic E-state index is 3.67. The monoisotopic (exact) mass is 257 g/mol. The van der Waals surface area contributed by atoms with Crippen molar-refractivity contribution in [1.29, 1.82) is 0 Å². The molecule has 1 aromatic heterocycles. The third-order valence-corrected chi connectivity index (χ3v) is 5.00. The van der Waals surface area contributed by atoms with Crippen molar-refractivity contribution in [3.05, 3.63) is 57.3 Å². The van der Waals surface area contributed by atoms with Gasteiger partial charge in [0.15, 0.2) is 0 Å². The Morgan fingerprint density at radius 3 is 2.83 bits per heavy atom. The number of hydrogen-bond acceptors (Lipinski definition) is 2. The van der Waals surface area contributed by atoms with Crippen molar-refractivity contribution in [2.75, 3.05) is 6.54 Å². The van der Waals surface area contributed by atoms with Gasteiger partial charge in [0.25, 0.3) is 0 Å². The zero-order chi connectivity index (χ0) is 12.5. The molecule has 0 saturated carbocycles. The standard InChI is InChI=1S/C16H19NS/c1-11-7-8-16(18-11)12(2)17-10-14-9-13-5-3-4-6-15(13)14/h3-8,12,14,17H,9-10H2,1-2H3. The van der Waals surface area contributed by atoms with Crippen LogP contribution in [0.3, 0.4) is 0 Å². The zero-order valence-corrected chi connectivity index (χ0v) is 11.8. The second-order valence-corrected chi connectivity index (χ2v) is 6.50. The molecule has 1 N–H and O–H groups in total. The summed E-state index contributed by atoms with van der Waals surface area (Å²) in [6, 6.07) is 13.7. The lowest BCUT2D eigenvalue weighted by atomic mass is 9.77. The molecule has 94 valence electrons. The Hall–Kier alpha value is -1.12. The summed E-state index contributed by atoms with van der Waals surface area (Å²) in [5.74, 6) is 0.713. The number of hydrogen-bond donors (Lipinski definition) is 1. The largest absolute Gasteiger partial charge is 0.309 e. The first-order valence-corrected chi connectivity index (χ1v) is 7.43. The Labute approximate surface area is 113 Å². The van der Waals surface area contributed by atoms with Crippen molar-refractivity contribution >= 4 is 11.3 Å². The van der Waals surface area contributed by atoms with Crippen LogP contribution in [-0.2, 0) is 6.42 Å². The minimum Gasteiger partial charge on any atom is -0.309 e. The number of thiophene rings is 1. The van der Waals surface area contributed by atoms with Crippen molar-refractivity contribution in [1.82, 2.24) is 5.32 Å². The summed E-state index contributed by atoms with van der Waals surface area (Å²) < 4.78 is 0. The smallest absolute Gasteiger partial charge is 0.0386 e. The summed E-state index contributed by atoms with van der Waals surface area (Å²) in [5.41, 5.74) is 3.07. The lowest BCUT2D eigenvalue weighted by Crippen LogP contribution is -2.30. The molecule has 3 rings (SSSR count). The highest BCUT2D eigenvalue weighted by atomic mass is 32.1. The number of rotatable bonds is 4. The van der Waals surface area contributed by atoms with Crippen LogP contribution < -0.4 is 5.32 Å². The molecule has 0 spiro atoms. The second-order valence-electron chi connectivity index (χ2n) is 5.18. The van der Waals surface area contributed by atoms with Crippen LogP contribution in [0.5, 0.6) is 0 Å². The molecule has 1 aliphatic carbocycles. The minimum atomic E-state index is 0.469. The van der Waals surface area contributed by atoms with Gasteiger partial charge in [-0.15, -0.1) is 11.3 Å². The number of nitrogens with one attached hydrogen (secondary N) is 1. The summed E-state index contributed by atoms with van der Waals surface area (Å²) in [7, 11) is 0. The van der Waals surface area contributed by atoms with Gasteiger partial charge in [-0.1, -0.05) is 24.3 Å². The molecular formula is C16H19NS. The van der Waals surface area contributed by atoms with E-state index >= 15 is 0 Å². The van der Waals surface area contributed by atoms with E-state index in [4.69, 9.17) is 0 Å². The number of aryl methyl sites for hydroxylation is 1. The summed E-state index contributed by atoms with van der Waals surface area (Å²) in [6.45, 7) is 5.52. The molecule has 1 aliphatic rings. The van der Waals surface area contributed by atoms with Crippen LogP contribution >= 0.6 is 11.3 Å². The highest BCUT2D eigenvalue weighted by Gasteiger charge is 2.25. The van der Waals surface area contributed by atoms with Crippen LogP contribution in [0, 0.1) is 6.92 Å². The Morgan fingerprint density at radius 1 is 1.28 bits per heavy atom. The van der Waals surface area contributed by atoms with Gasteiger partial charge in [-0.25, -0.2) is 0 Å². The predicted molar refractivity (Wildman–Crippen MR) is 78.4 cm³/mol. The fourth-order valence-corrected chi connectivity index (χ4v) is 3.55. The zero-order valence-electron chi connectivity index (χ0n) is 10.9. The molecule has 0 fully saturated rings. The third-order valence-electron chi connectivity index (χ3n) is 3.82.